The molecule has 1 nitrogen and oxygen atoms in total. The molecule has 1 aromatic rings. The highest BCUT2D eigenvalue weighted by molar-refractivity contribution is 6.32. The Kier molecular flexibility index (Phi) is 4.86. The molecular formula is C13H18ClN. The lowest BCUT2D eigenvalue weighted by molar-refractivity contribution is 0.613. The number of hydrogen-bond donors (Lipinski definition) is 1. The van der Waals surface area contributed by atoms with E-state index in [4.69, 9.17) is 11.6 Å². The van der Waals surface area contributed by atoms with E-state index < -0.39 is 0 Å². The minimum absolute atomic E-state index is 0.150. The molecule has 1 aromatic carbocycles. The third-order valence-corrected chi connectivity index (χ3v) is 2.92. The summed E-state index contributed by atoms with van der Waals surface area (Å²) in [6, 6.07) is 6.24. The van der Waals surface area contributed by atoms with Crippen LogP contribution in [0, 0.1) is 6.92 Å². The van der Waals surface area contributed by atoms with Gasteiger partial charge < -0.3 is 5.32 Å². The van der Waals surface area contributed by atoms with Crippen molar-refractivity contribution in [2.75, 3.05) is 6.54 Å². The molecule has 0 aliphatic carbocycles. The molecule has 15 heavy (non-hydrogen) atoms. The molecule has 0 heterocycles. The van der Waals surface area contributed by atoms with Crippen LogP contribution in [0.25, 0.3) is 0 Å². The summed E-state index contributed by atoms with van der Waals surface area (Å²) in [4.78, 5) is 0. The number of hydrogen-bond acceptors (Lipinski definition) is 1. The Labute approximate surface area is 97.1 Å². The monoisotopic (exact) mass is 223 g/mol. The van der Waals surface area contributed by atoms with Crippen molar-refractivity contribution in [3.05, 3.63) is 47.0 Å². The molecule has 0 radical (unpaired) electrons. The van der Waals surface area contributed by atoms with E-state index >= 15 is 0 Å². The average molecular weight is 224 g/mol. The standard InChI is InChI=1S/C13H18ClN/c1-4-9-15-12(5-2)11-8-6-7-10(3)13(11)14/h5-8,12,15H,2,4,9H2,1,3H3. The summed E-state index contributed by atoms with van der Waals surface area (Å²) in [5.41, 5.74) is 2.22. The Morgan fingerprint density at radius 1 is 1.53 bits per heavy atom. The molecule has 0 bridgehead atoms. The molecule has 0 spiro atoms. The van der Waals surface area contributed by atoms with Crippen molar-refractivity contribution in [2.45, 2.75) is 26.3 Å². The van der Waals surface area contributed by atoms with Crippen molar-refractivity contribution in [3.63, 3.8) is 0 Å². The van der Waals surface area contributed by atoms with E-state index in [1.165, 1.54) is 0 Å². The highest BCUT2D eigenvalue weighted by atomic mass is 35.5. The number of nitrogens with one attached hydrogen (secondary N) is 1. The third kappa shape index (κ3) is 3.08. The van der Waals surface area contributed by atoms with Gasteiger partial charge in [-0.3, -0.25) is 0 Å². The summed E-state index contributed by atoms with van der Waals surface area (Å²) in [7, 11) is 0. The van der Waals surface area contributed by atoms with Gasteiger partial charge in [-0.2, -0.15) is 0 Å². The van der Waals surface area contributed by atoms with Gasteiger partial charge in [0.25, 0.3) is 0 Å². The smallest absolute Gasteiger partial charge is 0.0518 e. The van der Waals surface area contributed by atoms with Crippen molar-refractivity contribution < 1.29 is 0 Å². The lowest BCUT2D eigenvalue weighted by Crippen LogP contribution is -2.20. The van der Waals surface area contributed by atoms with Gasteiger partial charge in [-0.1, -0.05) is 42.8 Å². The van der Waals surface area contributed by atoms with Crippen molar-refractivity contribution in [1.82, 2.24) is 5.32 Å². The Morgan fingerprint density at radius 2 is 2.27 bits per heavy atom. The van der Waals surface area contributed by atoms with Crippen LogP contribution < -0.4 is 5.32 Å². The summed E-state index contributed by atoms with van der Waals surface area (Å²) >= 11 is 6.26. The molecular weight excluding hydrogens is 206 g/mol. The third-order valence-electron chi connectivity index (χ3n) is 2.41. The lowest BCUT2D eigenvalue weighted by Gasteiger charge is -2.17. The van der Waals surface area contributed by atoms with Crippen LogP contribution in [0.4, 0.5) is 0 Å². The van der Waals surface area contributed by atoms with E-state index in [0.29, 0.717) is 0 Å². The summed E-state index contributed by atoms with van der Waals surface area (Å²) in [5, 5.41) is 4.24. The molecule has 82 valence electrons. The van der Waals surface area contributed by atoms with Crippen LogP contribution in [-0.2, 0) is 0 Å². The van der Waals surface area contributed by atoms with Crippen LogP contribution in [0.3, 0.4) is 0 Å². The zero-order valence-electron chi connectivity index (χ0n) is 9.39. The van der Waals surface area contributed by atoms with Crippen LogP contribution >= 0.6 is 11.6 Å². The predicted molar refractivity (Wildman–Crippen MR) is 67.4 cm³/mol. The molecule has 0 saturated carbocycles. The number of rotatable bonds is 5. The van der Waals surface area contributed by atoms with Gasteiger partial charge in [-0.05, 0) is 31.0 Å². The largest absolute Gasteiger partial charge is 0.307 e. The second-order valence-electron chi connectivity index (χ2n) is 3.65. The first-order valence-corrected chi connectivity index (χ1v) is 5.69. The van der Waals surface area contributed by atoms with Gasteiger partial charge in [0, 0.05) is 5.02 Å². The van der Waals surface area contributed by atoms with Crippen molar-refractivity contribution in [1.29, 1.82) is 0 Å². The molecule has 0 aromatic heterocycles. The highest BCUT2D eigenvalue weighted by Crippen LogP contribution is 2.26. The van der Waals surface area contributed by atoms with E-state index in [1.807, 2.05) is 31.2 Å². The molecule has 0 saturated heterocycles. The number of benzene rings is 1. The van der Waals surface area contributed by atoms with Crippen LogP contribution in [0.5, 0.6) is 0 Å². The topological polar surface area (TPSA) is 12.0 Å². The maximum Gasteiger partial charge on any atom is 0.0518 e. The van der Waals surface area contributed by atoms with E-state index in [1.54, 1.807) is 0 Å². The van der Waals surface area contributed by atoms with Crippen molar-refractivity contribution >= 4 is 11.6 Å². The van der Waals surface area contributed by atoms with Crippen LogP contribution in [0.2, 0.25) is 5.02 Å². The highest BCUT2D eigenvalue weighted by Gasteiger charge is 2.11. The number of aryl methyl sites for hydroxylation is 1. The molecule has 2 heteroatoms. The van der Waals surface area contributed by atoms with Gasteiger partial charge in [0.05, 0.1) is 6.04 Å². The van der Waals surface area contributed by atoms with Crippen molar-refractivity contribution in [2.24, 2.45) is 0 Å². The Morgan fingerprint density at radius 3 is 2.87 bits per heavy atom. The summed E-state index contributed by atoms with van der Waals surface area (Å²) in [5.74, 6) is 0. The first-order chi connectivity index (χ1) is 7.20. The summed E-state index contributed by atoms with van der Waals surface area (Å²) in [6.07, 6.45) is 3.00. The maximum absolute atomic E-state index is 6.26. The second-order valence-corrected chi connectivity index (χ2v) is 4.02. The normalized spacial score (nSPS) is 12.5. The Bertz CT molecular complexity index is 333. The predicted octanol–water partition coefficient (Wildman–Crippen LogP) is 3.88. The quantitative estimate of drug-likeness (QED) is 0.748. The molecule has 1 atom stereocenters. The van der Waals surface area contributed by atoms with E-state index in [-0.39, 0.29) is 6.04 Å². The van der Waals surface area contributed by atoms with Crippen LogP contribution in [0.15, 0.2) is 30.9 Å². The zero-order valence-corrected chi connectivity index (χ0v) is 10.1. The SMILES string of the molecule is C=CC(NCCC)c1cccc(C)c1Cl. The van der Waals surface area contributed by atoms with E-state index in [0.717, 1.165) is 29.1 Å². The maximum atomic E-state index is 6.26. The molecule has 1 unspecified atom stereocenters. The lowest BCUT2D eigenvalue weighted by atomic mass is 10.0. The van der Waals surface area contributed by atoms with Crippen molar-refractivity contribution in [3.8, 4) is 0 Å². The number of halogens is 1. The van der Waals surface area contributed by atoms with Gasteiger partial charge >= 0.3 is 0 Å². The van der Waals surface area contributed by atoms with E-state index in [2.05, 4.69) is 18.8 Å². The molecule has 1 N–H and O–H groups in total. The van der Waals surface area contributed by atoms with Gasteiger partial charge in [0.1, 0.15) is 0 Å². The van der Waals surface area contributed by atoms with Crippen LogP contribution in [0.1, 0.15) is 30.5 Å². The first kappa shape index (κ1) is 12.3. The van der Waals surface area contributed by atoms with Gasteiger partial charge in [0.15, 0.2) is 0 Å². The second kappa shape index (κ2) is 5.94. The molecule has 0 aliphatic rings. The average Bonchev–Trinajstić information content (AvgIpc) is 2.25. The van der Waals surface area contributed by atoms with Gasteiger partial charge in [-0.25, -0.2) is 0 Å². The van der Waals surface area contributed by atoms with Gasteiger partial charge in [0.2, 0.25) is 0 Å². The fraction of sp³-hybridized carbons (Fsp3) is 0.385. The molecule has 0 fully saturated rings. The first-order valence-electron chi connectivity index (χ1n) is 5.31. The summed E-state index contributed by atoms with van der Waals surface area (Å²) < 4.78 is 0. The minimum Gasteiger partial charge on any atom is -0.307 e. The minimum atomic E-state index is 0.150. The summed E-state index contributed by atoms with van der Waals surface area (Å²) in [6.45, 7) is 8.98. The van der Waals surface area contributed by atoms with E-state index in [9.17, 15) is 0 Å². The Balaban J connectivity index is 2.91. The molecule has 1 rings (SSSR count). The zero-order chi connectivity index (χ0) is 11.3. The molecule has 0 aliphatic heterocycles. The van der Waals surface area contributed by atoms with Crippen LogP contribution in [-0.4, -0.2) is 6.54 Å². The Hall–Kier alpha value is -0.790. The van der Waals surface area contributed by atoms with Gasteiger partial charge in [-0.15, -0.1) is 6.58 Å². The fourth-order valence-corrected chi connectivity index (χ4v) is 1.77. The molecule has 0 amide bonds. The fourth-order valence-electron chi connectivity index (χ4n) is 1.53.